The number of nitrogens with two attached hydrogens (primary N) is 2. The smallest absolute Gasteiger partial charge is 0.136 e. The Labute approximate surface area is 77.4 Å². The number of hydrogen-bond acceptors (Lipinski definition) is 3. The lowest BCUT2D eigenvalue weighted by Crippen LogP contribution is -2.26. The maximum Gasteiger partial charge on any atom is 0.136 e. The lowest BCUT2D eigenvalue weighted by molar-refractivity contribution is 0.776. The third-order valence-electron chi connectivity index (χ3n) is 1.17. The van der Waals surface area contributed by atoms with Gasteiger partial charge in [0.1, 0.15) is 5.84 Å². The fourth-order valence-corrected chi connectivity index (χ4v) is 0.682. The number of amidine groups is 3. The van der Waals surface area contributed by atoms with Gasteiger partial charge >= 0.3 is 0 Å². The van der Waals surface area contributed by atoms with Gasteiger partial charge in [0.05, 0.1) is 18.2 Å². The van der Waals surface area contributed by atoms with Crippen molar-refractivity contribution < 1.29 is 0 Å². The van der Waals surface area contributed by atoms with Gasteiger partial charge in [-0.05, 0) is 6.92 Å². The summed E-state index contributed by atoms with van der Waals surface area (Å²) in [5.74, 6) is 0.694. The van der Waals surface area contributed by atoms with Crippen molar-refractivity contribution in [2.75, 3.05) is 13.1 Å². The van der Waals surface area contributed by atoms with Crippen LogP contribution in [0.5, 0.6) is 0 Å². The molecule has 0 atom stereocenters. The van der Waals surface area contributed by atoms with Gasteiger partial charge in [-0.25, -0.2) is 4.99 Å². The molecular formula is C7H16N6. The highest BCUT2D eigenvalue weighted by atomic mass is 15.0. The largest absolute Gasteiger partial charge is 0.388 e. The minimum absolute atomic E-state index is 0.137. The number of hydrogen-bond donors (Lipinski definition) is 5. The molecule has 0 fully saturated rings. The monoisotopic (exact) mass is 184 g/mol. The summed E-state index contributed by atoms with van der Waals surface area (Å²) >= 11 is 0. The van der Waals surface area contributed by atoms with E-state index in [-0.39, 0.29) is 11.7 Å². The van der Waals surface area contributed by atoms with Crippen LogP contribution in [0, 0.1) is 10.8 Å². The molecule has 0 amide bonds. The van der Waals surface area contributed by atoms with Crippen molar-refractivity contribution in [1.29, 1.82) is 10.8 Å². The number of nitrogens with one attached hydrogen (secondary N) is 3. The van der Waals surface area contributed by atoms with Crippen molar-refractivity contribution >= 4 is 17.5 Å². The molecule has 74 valence electrons. The minimum Gasteiger partial charge on any atom is -0.388 e. The van der Waals surface area contributed by atoms with E-state index < -0.39 is 0 Å². The lowest BCUT2D eigenvalue weighted by Gasteiger charge is -2.02. The molecule has 0 radical (unpaired) electrons. The third kappa shape index (κ3) is 8.48. The first-order valence-electron chi connectivity index (χ1n) is 3.94. The van der Waals surface area contributed by atoms with E-state index in [2.05, 4.69) is 10.3 Å². The van der Waals surface area contributed by atoms with Crippen LogP contribution >= 0.6 is 0 Å². The zero-order chi connectivity index (χ0) is 10.3. The Hall–Kier alpha value is -1.43. The van der Waals surface area contributed by atoms with E-state index in [1.165, 1.54) is 0 Å². The predicted molar refractivity (Wildman–Crippen MR) is 54.4 cm³/mol. The van der Waals surface area contributed by atoms with Crippen LogP contribution in [0.15, 0.2) is 4.99 Å². The maximum absolute atomic E-state index is 7.29. The molecule has 0 unspecified atom stereocenters. The van der Waals surface area contributed by atoms with E-state index in [0.29, 0.717) is 25.3 Å². The van der Waals surface area contributed by atoms with Gasteiger partial charge in [-0.15, -0.1) is 0 Å². The summed E-state index contributed by atoms with van der Waals surface area (Å²) < 4.78 is 0. The first-order chi connectivity index (χ1) is 6.02. The molecule has 6 heteroatoms. The lowest BCUT2D eigenvalue weighted by atomic mass is 10.4. The van der Waals surface area contributed by atoms with E-state index in [0.717, 1.165) is 0 Å². The van der Waals surface area contributed by atoms with Gasteiger partial charge < -0.3 is 16.8 Å². The van der Waals surface area contributed by atoms with Crippen LogP contribution in [0.2, 0.25) is 0 Å². The first kappa shape index (κ1) is 11.6. The molecule has 0 aromatic rings. The quantitative estimate of drug-likeness (QED) is 0.219. The number of aliphatic imine (C=N–C) groups is 1. The van der Waals surface area contributed by atoms with Gasteiger partial charge in [0.25, 0.3) is 0 Å². The molecule has 0 aliphatic carbocycles. The first-order valence-corrected chi connectivity index (χ1v) is 3.94. The van der Waals surface area contributed by atoms with Crippen LogP contribution < -0.4 is 16.8 Å². The highest BCUT2D eigenvalue weighted by Gasteiger charge is 1.94. The Morgan fingerprint density at radius 3 is 2.46 bits per heavy atom. The van der Waals surface area contributed by atoms with Crippen LogP contribution in [0.25, 0.3) is 0 Å². The Morgan fingerprint density at radius 1 is 1.38 bits per heavy atom. The van der Waals surface area contributed by atoms with Gasteiger partial charge in [-0.3, -0.25) is 10.8 Å². The van der Waals surface area contributed by atoms with E-state index in [4.69, 9.17) is 22.3 Å². The molecule has 0 spiro atoms. The second-order valence-corrected chi connectivity index (χ2v) is 2.65. The zero-order valence-corrected chi connectivity index (χ0v) is 7.72. The summed E-state index contributed by atoms with van der Waals surface area (Å²) in [7, 11) is 0. The van der Waals surface area contributed by atoms with Crippen molar-refractivity contribution in [3.05, 3.63) is 0 Å². The van der Waals surface area contributed by atoms with Crippen molar-refractivity contribution in [1.82, 2.24) is 5.32 Å². The molecule has 0 saturated carbocycles. The summed E-state index contributed by atoms with van der Waals surface area (Å²) in [6.07, 6.45) is 0.485. The van der Waals surface area contributed by atoms with Gasteiger partial charge in [0.15, 0.2) is 0 Å². The number of rotatable bonds is 5. The van der Waals surface area contributed by atoms with Crippen molar-refractivity contribution in [3.8, 4) is 0 Å². The van der Waals surface area contributed by atoms with Gasteiger partial charge in [-0.1, -0.05) is 0 Å². The average Bonchev–Trinajstić information content (AvgIpc) is 1.96. The second-order valence-electron chi connectivity index (χ2n) is 2.65. The zero-order valence-electron chi connectivity index (χ0n) is 7.72. The van der Waals surface area contributed by atoms with Crippen LogP contribution in [0.1, 0.15) is 13.3 Å². The van der Waals surface area contributed by atoms with Gasteiger partial charge in [0, 0.05) is 13.0 Å². The fourth-order valence-electron chi connectivity index (χ4n) is 0.682. The standard InChI is InChI=1S/C7H16N6/c1-5(8)13-7(11)4-12-3-2-6(9)10/h12H,2-4H2,1H3,(H3,9,10)(H3,8,11,13). The van der Waals surface area contributed by atoms with Crippen molar-refractivity contribution in [2.45, 2.75) is 13.3 Å². The molecule has 0 aliphatic rings. The molecule has 0 aromatic heterocycles. The molecule has 0 heterocycles. The molecule has 0 saturated heterocycles. The Balaban J connectivity index is 3.49. The third-order valence-corrected chi connectivity index (χ3v) is 1.17. The summed E-state index contributed by atoms with van der Waals surface area (Å²) in [5, 5.41) is 17.1. The SMILES string of the molecule is CC(N)=NC(=N)CNCCC(=N)N. The molecule has 7 N–H and O–H groups in total. The van der Waals surface area contributed by atoms with Crippen LogP contribution in [-0.2, 0) is 0 Å². The highest BCUT2D eigenvalue weighted by Crippen LogP contribution is 1.77. The summed E-state index contributed by atoms with van der Waals surface area (Å²) in [4.78, 5) is 3.72. The molecule has 6 nitrogen and oxygen atoms in total. The second kappa shape index (κ2) is 6.13. The summed E-state index contributed by atoms with van der Waals surface area (Å²) in [5.41, 5.74) is 10.4. The van der Waals surface area contributed by atoms with E-state index in [9.17, 15) is 0 Å². The van der Waals surface area contributed by atoms with E-state index in [1.807, 2.05) is 0 Å². The Bertz CT molecular complexity index is 215. The van der Waals surface area contributed by atoms with E-state index in [1.54, 1.807) is 6.92 Å². The molecular weight excluding hydrogens is 168 g/mol. The van der Waals surface area contributed by atoms with Crippen LogP contribution in [-0.4, -0.2) is 30.6 Å². The maximum atomic E-state index is 7.29. The van der Waals surface area contributed by atoms with Crippen molar-refractivity contribution in [3.63, 3.8) is 0 Å². The predicted octanol–water partition coefficient (Wildman–Crippen LogP) is -0.744. The van der Waals surface area contributed by atoms with Crippen LogP contribution in [0.3, 0.4) is 0 Å². The molecule has 0 rings (SSSR count). The molecule has 0 aromatic carbocycles. The van der Waals surface area contributed by atoms with Crippen LogP contribution in [0.4, 0.5) is 0 Å². The topological polar surface area (TPSA) is 124 Å². The fraction of sp³-hybridized carbons (Fsp3) is 0.571. The average molecular weight is 184 g/mol. The number of nitrogens with zero attached hydrogens (tertiary/aromatic N) is 1. The van der Waals surface area contributed by atoms with Crippen molar-refractivity contribution in [2.24, 2.45) is 16.5 Å². The Kier molecular flexibility index (Phi) is 5.45. The van der Waals surface area contributed by atoms with Gasteiger partial charge in [0.2, 0.25) is 0 Å². The summed E-state index contributed by atoms with van der Waals surface area (Å²) in [6.45, 7) is 2.56. The molecule has 13 heavy (non-hydrogen) atoms. The molecule has 0 bridgehead atoms. The highest BCUT2D eigenvalue weighted by molar-refractivity contribution is 5.94. The van der Waals surface area contributed by atoms with E-state index >= 15 is 0 Å². The minimum atomic E-state index is 0.137. The molecule has 0 aliphatic heterocycles. The Morgan fingerprint density at radius 2 is 2.00 bits per heavy atom. The normalized spacial score (nSPS) is 11.3. The summed E-state index contributed by atoms with van der Waals surface area (Å²) in [6, 6.07) is 0. The van der Waals surface area contributed by atoms with Gasteiger partial charge in [-0.2, -0.15) is 0 Å².